The van der Waals surface area contributed by atoms with Crippen LogP contribution >= 0.6 is 0 Å². The van der Waals surface area contributed by atoms with E-state index in [1.54, 1.807) is 0 Å². The minimum atomic E-state index is -0.191. The molecule has 1 saturated heterocycles. The molecule has 3 nitrogen and oxygen atoms in total. The van der Waals surface area contributed by atoms with Crippen LogP contribution in [0.1, 0.15) is 32.8 Å². The first kappa shape index (κ1) is 12.9. The van der Waals surface area contributed by atoms with Gasteiger partial charge in [-0.05, 0) is 31.7 Å². The number of amides is 1. The van der Waals surface area contributed by atoms with Crippen LogP contribution in [0.15, 0.2) is 30.3 Å². The molecule has 0 radical (unpaired) electrons. The van der Waals surface area contributed by atoms with Crippen molar-refractivity contribution in [2.24, 2.45) is 5.92 Å². The van der Waals surface area contributed by atoms with E-state index in [1.165, 1.54) is 0 Å². The SMILES string of the molecule is CC1C[C@@H](C)N(C(=O)OCc2ccccc2)[C@H]1C. The van der Waals surface area contributed by atoms with E-state index in [-0.39, 0.29) is 18.2 Å². The number of likely N-dealkylation sites (tertiary alicyclic amines) is 1. The van der Waals surface area contributed by atoms with Gasteiger partial charge in [0.15, 0.2) is 0 Å². The van der Waals surface area contributed by atoms with Crippen LogP contribution in [-0.4, -0.2) is 23.1 Å². The van der Waals surface area contributed by atoms with E-state index in [0.29, 0.717) is 12.5 Å². The van der Waals surface area contributed by atoms with Gasteiger partial charge in [0.1, 0.15) is 6.61 Å². The minimum absolute atomic E-state index is 0.191. The van der Waals surface area contributed by atoms with Crippen molar-refractivity contribution in [3.63, 3.8) is 0 Å². The topological polar surface area (TPSA) is 29.5 Å². The fraction of sp³-hybridized carbons (Fsp3) is 0.533. The van der Waals surface area contributed by atoms with Crippen LogP contribution in [0.5, 0.6) is 0 Å². The van der Waals surface area contributed by atoms with Gasteiger partial charge in [-0.2, -0.15) is 0 Å². The van der Waals surface area contributed by atoms with Crippen LogP contribution in [0.4, 0.5) is 4.79 Å². The summed E-state index contributed by atoms with van der Waals surface area (Å²) in [5, 5.41) is 0. The molecule has 1 aliphatic heterocycles. The fourth-order valence-electron chi connectivity index (χ4n) is 2.66. The normalized spacial score (nSPS) is 27.3. The lowest BCUT2D eigenvalue weighted by Crippen LogP contribution is -2.39. The van der Waals surface area contributed by atoms with Crippen LogP contribution in [0, 0.1) is 5.92 Å². The van der Waals surface area contributed by atoms with Gasteiger partial charge in [0.25, 0.3) is 0 Å². The van der Waals surface area contributed by atoms with E-state index in [9.17, 15) is 4.79 Å². The van der Waals surface area contributed by atoms with E-state index >= 15 is 0 Å². The summed E-state index contributed by atoms with van der Waals surface area (Å²) in [5.74, 6) is 0.546. The molecule has 1 aromatic carbocycles. The summed E-state index contributed by atoms with van der Waals surface area (Å²) < 4.78 is 5.39. The molecule has 0 bridgehead atoms. The zero-order valence-electron chi connectivity index (χ0n) is 11.3. The van der Waals surface area contributed by atoms with Gasteiger partial charge in [0, 0.05) is 12.1 Å². The van der Waals surface area contributed by atoms with E-state index in [1.807, 2.05) is 35.2 Å². The largest absolute Gasteiger partial charge is 0.445 e. The first-order valence-corrected chi connectivity index (χ1v) is 6.58. The van der Waals surface area contributed by atoms with E-state index < -0.39 is 0 Å². The third kappa shape index (κ3) is 2.66. The lowest BCUT2D eigenvalue weighted by Gasteiger charge is -2.26. The van der Waals surface area contributed by atoms with Crippen LogP contribution in [0.2, 0.25) is 0 Å². The molecule has 1 aromatic rings. The third-order valence-corrected chi connectivity index (χ3v) is 3.87. The number of carbonyl (C=O) groups is 1. The number of hydrogen-bond donors (Lipinski definition) is 0. The smallest absolute Gasteiger partial charge is 0.410 e. The zero-order chi connectivity index (χ0) is 13.1. The number of benzene rings is 1. The Morgan fingerprint density at radius 1 is 1.28 bits per heavy atom. The maximum atomic E-state index is 12.1. The van der Waals surface area contributed by atoms with Gasteiger partial charge in [0.2, 0.25) is 0 Å². The molecule has 98 valence electrons. The summed E-state index contributed by atoms with van der Waals surface area (Å²) in [6.45, 7) is 6.72. The quantitative estimate of drug-likeness (QED) is 0.801. The van der Waals surface area contributed by atoms with Crippen molar-refractivity contribution >= 4 is 6.09 Å². The Morgan fingerprint density at radius 2 is 1.94 bits per heavy atom. The van der Waals surface area contributed by atoms with Crippen LogP contribution in [-0.2, 0) is 11.3 Å². The van der Waals surface area contributed by atoms with Gasteiger partial charge < -0.3 is 9.64 Å². The Balaban J connectivity index is 1.92. The van der Waals surface area contributed by atoms with Crippen molar-refractivity contribution in [1.82, 2.24) is 4.90 Å². The Bertz CT molecular complexity index is 404. The second-order valence-corrected chi connectivity index (χ2v) is 5.25. The molecular weight excluding hydrogens is 226 g/mol. The Hall–Kier alpha value is -1.51. The molecule has 1 amide bonds. The summed E-state index contributed by atoms with van der Waals surface area (Å²) in [5.41, 5.74) is 1.03. The van der Waals surface area contributed by atoms with Crippen LogP contribution in [0.25, 0.3) is 0 Å². The summed E-state index contributed by atoms with van der Waals surface area (Å²) >= 11 is 0. The first-order valence-electron chi connectivity index (χ1n) is 6.58. The minimum Gasteiger partial charge on any atom is -0.445 e. The van der Waals surface area contributed by atoms with E-state index in [0.717, 1.165) is 12.0 Å². The number of hydrogen-bond acceptors (Lipinski definition) is 2. The Morgan fingerprint density at radius 3 is 2.50 bits per heavy atom. The lowest BCUT2D eigenvalue weighted by molar-refractivity contribution is 0.0811. The monoisotopic (exact) mass is 247 g/mol. The molecule has 3 atom stereocenters. The predicted molar refractivity (Wildman–Crippen MR) is 71.2 cm³/mol. The molecule has 3 heteroatoms. The molecule has 1 unspecified atom stereocenters. The molecule has 0 saturated carbocycles. The van der Waals surface area contributed by atoms with Gasteiger partial charge in [-0.1, -0.05) is 37.3 Å². The van der Waals surface area contributed by atoms with Crippen LogP contribution < -0.4 is 0 Å². The highest BCUT2D eigenvalue weighted by Gasteiger charge is 2.37. The fourth-order valence-corrected chi connectivity index (χ4v) is 2.66. The molecule has 2 rings (SSSR count). The van der Waals surface area contributed by atoms with E-state index in [2.05, 4.69) is 20.8 Å². The van der Waals surface area contributed by atoms with Gasteiger partial charge in [-0.3, -0.25) is 0 Å². The third-order valence-electron chi connectivity index (χ3n) is 3.87. The predicted octanol–water partition coefficient (Wildman–Crippen LogP) is 3.44. The number of carbonyl (C=O) groups excluding carboxylic acids is 1. The number of ether oxygens (including phenoxy) is 1. The molecule has 1 heterocycles. The average Bonchev–Trinajstić information content (AvgIpc) is 2.62. The standard InChI is InChI=1S/C15H21NO2/c1-11-9-12(2)16(13(11)3)15(17)18-10-14-7-5-4-6-8-14/h4-8,11-13H,9-10H2,1-3H3/t11?,12-,13+/m1/s1. The first-order chi connectivity index (χ1) is 8.59. The Kier molecular flexibility index (Phi) is 3.90. The maximum Gasteiger partial charge on any atom is 0.410 e. The summed E-state index contributed by atoms with van der Waals surface area (Å²) in [7, 11) is 0. The summed E-state index contributed by atoms with van der Waals surface area (Å²) in [6, 6.07) is 10.3. The number of nitrogens with zero attached hydrogens (tertiary/aromatic N) is 1. The van der Waals surface area contributed by atoms with Crippen LogP contribution in [0.3, 0.4) is 0 Å². The highest BCUT2D eigenvalue weighted by Crippen LogP contribution is 2.29. The second-order valence-electron chi connectivity index (χ2n) is 5.25. The molecule has 18 heavy (non-hydrogen) atoms. The van der Waals surface area contributed by atoms with Crippen molar-refractivity contribution in [2.75, 3.05) is 0 Å². The highest BCUT2D eigenvalue weighted by molar-refractivity contribution is 5.69. The molecule has 0 spiro atoms. The van der Waals surface area contributed by atoms with Crippen molar-refractivity contribution in [3.05, 3.63) is 35.9 Å². The molecule has 1 aliphatic rings. The summed E-state index contributed by atoms with van der Waals surface area (Å²) in [6.07, 6.45) is 0.866. The number of rotatable bonds is 2. The lowest BCUT2D eigenvalue weighted by atomic mass is 10.0. The average molecular weight is 247 g/mol. The van der Waals surface area contributed by atoms with Gasteiger partial charge in [-0.25, -0.2) is 4.79 Å². The molecule has 0 N–H and O–H groups in total. The molecular formula is C15H21NO2. The Labute approximate surface area is 109 Å². The van der Waals surface area contributed by atoms with Gasteiger partial charge in [-0.15, -0.1) is 0 Å². The van der Waals surface area contributed by atoms with Crippen molar-refractivity contribution < 1.29 is 9.53 Å². The molecule has 1 fully saturated rings. The van der Waals surface area contributed by atoms with Gasteiger partial charge >= 0.3 is 6.09 Å². The van der Waals surface area contributed by atoms with Crippen molar-refractivity contribution in [2.45, 2.75) is 45.9 Å². The molecule has 0 aliphatic carbocycles. The second kappa shape index (κ2) is 5.42. The van der Waals surface area contributed by atoms with Gasteiger partial charge in [0.05, 0.1) is 0 Å². The van der Waals surface area contributed by atoms with Crippen molar-refractivity contribution in [3.8, 4) is 0 Å². The summed E-state index contributed by atoms with van der Waals surface area (Å²) in [4.78, 5) is 14.0. The zero-order valence-corrected chi connectivity index (χ0v) is 11.3. The highest BCUT2D eigenvalue weighted by atomic mass is 16.6. The van der Waals surface area contributed by atoms with E-state index in [4.69, 9.17) is 4.74 Å². The van der Waals surface area contributed by atoms with Crippen molar-refractivity contribution in [1.29, 1.82) is 0 Å². The molecule has 0 aromatic heterocycles. The maximum absolute atomic E-state index is 12.1.